The summed E-state index contributed by atoms with van der Waals surface area (Å²) in [6.45, 7) is 4.07. The Bertz CT molecular complexity index is 935. The van der Waals surface area contributed by atoms with Gasteiger partial charge in [0.15, 0.2) is 0 Å². The minimum atomic E-state index is 0.0614. The van der Waals surface area contributed by atoms with Crippen molar-refractivity contribution >= 4 is 33.8 Å². The maximum absolute atomic E-state index is 12.9. The highest BCUT2D eigenvalue weighted by Gasteiger charge is 2.39. The highest BCUT2D eigenvalue weighted by atomic mass is 35.5. The van der Waals surface area contributed by atoms with Gasteiger partial charge in [0, 0.05) is 5.92 Å². The summed E-state index contributed by atoms with van der Waals surface area (Å²) in [5.41, 5.74) is 3.66. The quantitative estimate of drug-likeness (QED) is 0.657. The normalized spacial score (nSPS) is 23.9. The van der Waals surface area contributed by atoms with E-state index < -0.39 is 0 Å². The van der Waals surface area contributed by atoms with Crippen molar-refractivity contribution < 1.29 is 4.79 Å². The molecule has 3 aliphatic carbocycles. The molecule has 3 saturated carbocycles. The summed E-state index contributed by atoms with van der Waals surface area (Å²) in [6.07, 6.45) is 5.83. The molecular weight excluding hydrogens is 376 g/mol. The molecule has 1 aromatic carbocycles. The number of anilines is 1. The highest BCUT2D eigenvalue weighted by molar-refractivity contribution is 7.20. The number of rotatable bonds is 3. The van der Waals surface area contributed by atoms with E-state index >= 15 is 0 Å². The maximum Gasteiger partial charge on any atom is 0.228 e. The summed E-state index contributed by atoms with van der Waals surface area (Å²) >= 11 is 7.97. The highest BCUT2D eigenvalue weighted by Crippen LogP contribution is 2.47. The number of amides is 1. The van der Waals surface area contributed by atoms with Crippen LogP contribution in [0.1, 0.15) is 48.8 Å². The van der Waals surface area contributed by atoms with E-state index in [0.29, 0.717) is 27.4 Å². The predicted molar refractivity (Wildman–Crippen MR) is 111 cm³/mol. The molecule has 0 radical (unpaired) electrons. The third-order valence-electron chi connectivity index (χ3n) is 6.22. The second-order valence-electron chi connectivity index (χ2n) is 7.99. The van der Waals surface area contributed by atoms with Gasteiger partial charge in [0.2, 0.25) is 5.91 Å². The van der Waals surface area contributed by atoms with Crippen molar-refractivity contribution in [2.45, 2.75) is 46.0 Å². The Morgan fingerprint density at radius 2 is 2.00 bits per heavy atom. The van der Waals surface area contributed by atoms with Crippen molar-refractivity contribution in [3.05, 3.63) is 39.9 Å². The van der Waals surface area contributed by atoms with E-state index in [1.807, 2.05) is 13.8 Å². The molecule has 0 spiro atoms. The molecule has 3 aliphatic rings. The molecule has 2 bridgehead atoms. The Balaban J connectivity index is 1.65. The number of hydrogen-bond acceptors (Lipinski definition) is 3. The first-order chi connectivity index (χ1) is 13.0. The van der Waals surface area contributed by atoms with E-state index in [0.717, 1.165) is 40.8 Å². The van der Waals surface area contributed by atoms with Crippen molar-refractivity contribution in [3.8, 4) is 16.5 Å². The Morgan fingerprint density at radius 3 is 2.63 bits per heavy atom. The van der Waals surface area contributed by atoms with Gasteiger partial charge in [-0.1, -0.05) is 48.2 Å². The van der Waals surface area contributed by atoms with Crippen LogP contribution >= 0.6 is 22.9 Å². The van der Waals surface area contributed by atoms with Gasteiger partial charge in [-0.3, -0.25) is 4.79 Å². The van der Waals surface area contributed by atoms with Gasteiger partial charge in [-0.05, 0) is 56.1 Å². The van der Waals surface area contributed by atoms with E-state index in [-0.39, 0.29) is 11.8 Å². The first-order valence-electron chi connectivity index (χ1n) is 9.58. The molecule has 1 aromatic heterocycles. The molecule has 1 N–H and O–H groups in total. The van der Waals surface area contributed by atoms with Gasteiger partial charge >= 0.3 is 0 Å². The van der Waals surface area contributed by atoms with Crippen molar-refractivity contribution in [3.63, 3.8) is 0 Å². The fraction of sp³-hybridized carbons (Fsp3) is 0.455. The summed E-state index contributed by atoms with van der Waals surface area (Å²) in [5.74, 6) is 1.33. The number of nitrogens with one attached hydrogen (secondary N) is 1. The van der Waals surface area contributed by atoms with Crippen LogP contribution in [0, 0.1) is 42.9 Å². The van der Waals surface area contributed by atoms with Crippen LogP contribution in [-0.4, -0.2) is 5.91 Å². The number of halogens is 1. The number of fused-ring (bicyclic) bond motifs is 3. The zero-order valence-corrected chi connectivity index (χ0v) is 17.2. The fourth-order valence-corrected chi connectivity index (χ4v) is 6.19. The first-order valence-corrected chi connectivity index (χ1v) is 10.8. The smallest absolute Gasteiger partial charge is 0.228 e. The molecular formula is C22H23ClN2OS. The second-order valence-corrected chi connectivity index (χ2v) is 9.39. The van der Waals surface area contributed by atoms with Crippen LogP contribution in [0.4, 0.5) is 5.00 Å². The van der Waals surface area contributed by atoms with Crippen LogP contribution in [0.25, 0.3) is 10.4 Å². The van der Waals surface area contributed by atoms with Gasteiger partial charge in [-0.25, -0.2) is 0 Å². The average Bonchev–Trinajstić information content (AvgIpc) is 2.99. The Hall–Kier alpha value is -1.83. The molecule has 1 heterocycles. The van der Waals surface area contributed by atoms with Gasteiger partial charge in [0.1, 0.15) is 16.6 Å². The van der Waals surface area contributed by atoms with Crippen LogP contribution in [0.2, 0.25) is 5.02 Å². The Labute approximate surface area is 169 Å². The SMILES string of the molecule is Cc1ccc(C)c(-c2sc(NC(=O)[C@@H]3CC4CCC3CC4)c(C#N)c2Cl)c1. The number of carbonyl (C=O) groups excluding carboxylic acids is 1. The number of hydrogen-bond donors (Lipinski definition) is 1. The van der Waals surface area contributed by atoms with Gasteiger partial charge in [-0.2, -0.15) is 5.26 Å². The molecule has 0 saturated heterocycles. The average molecular weight is 399 g/mol. The lowest BCUT2D eigenvalue weighted by atomic mass is 9.64. The number of aryl methyl sites for hydroxylation is 2. The second kappa shape index (κ2) is 7.30. The van der Waals surface area contributed by atoms with E-state index in [4.69, 9.17) is 11.6 Å². The fourth-order valence-electron chi connectivity index (χ4n) is 4.66. The lowest BCUT2D eigenvalue weighted by Gasteiger charge is -2.41. The third kappa shape index (κ3) is 3.39. The minimum absolute atomic E-state index is 0.0614. The zero-order chi connectivity index (χ0) is 19.1. The molecule has 140 valence electrons. The van der Waals surface area contributed by atoms with Gasteiger partial charge in [0.05, 0.1) is 9.90 Å². The molecule has 3 nitrogen and oxygen atoms in total. The van der Waals surface area contributed by atoms with E-state index in [2.05, 4.69) is 29.6 Å². The van der Waals surface area contributed by atoms with Crippen molar-refractivity contribution in [2.24, 2.45) is 17.8 Å². The summed E-state index contributed by atoms with van der Waals surface area (Å²) in [5, 5.41) is 13.7. The molecule has 3 fully saturated rings. The van der Waals surface area contributed by atoms with E-state index in [9.17, 15) is 10.1 Å². The minimum Gasteiger partial charge on any atom is -0.316 e. The summed E-state index contributed by atoms with van der Waals surface area (Å²) in [6, 6.07) is 8.40. The van der Waals surface area contributed by atoms with Crippen molar-refractivity contribution in [1.82, 2.24) is 0 Å². The molecule has 5 heteroatoms. The first kappa shape index (κ1) is 18.5. The van der Waals surface area contributed by atoms with Crippen molar-refractivity contribution in [2.75, 3.05) is 5.32 Å². The maximum atomic E-state index is 12.9. The van der Waals surface area contributed by atoms with Gasteiger partial charge < -0.3 is 5.32 Å². The molecule has 27 heavy (non-hydrogen) atoms. The molecule has 0 aliphatic heterocycles. The third-order valence-corrected chi connectivity index (χ3v) is 7.85. The topological polar surface area (TPSA) is 52.9 Å². The number of benzene rings is 1. The number of carbonyl (C=O) groups is 1. The number of nitriles is 1. The number of thiophene rings is 1. The summed E-state index contributed by atoms with van der Waals surface area (Å²) in [4.78, 5) is 13.8. The molecule has 1 atom stereocenters. The van der Waals surface area contributed by atoms with Crippen LogP contribution < -0.4 is 5.32 Å². The Morgan fingerprint density at radius 1 is 1.26 bits per heavy atom. The monoisotopic (exact) mass is 398 g/mol. The molecule has 0 unspecified atom stereocenters. The molecule has 1 amide bonds. The lowest BCUT2D eigenvalue weighted by molar-refractivity contribution is -0.124. The largest absolute Gasteiger partial charge is 0.316 e. The molecule has 5 rings (SSSR count). The van der Waals surface area contributed by atoms with Crippen LogP contribution in [0.5, 0.6) is 0 Å². The lowest BCUT2D eigenvalue weighted by Crippen LogP contribution is -2.38. The van der Waals surface area contributed by atoms with Gasteiger partial charge in [-0.15, -0.1) is 11.3 Å². The van der Waals surface area contributed by atoms with Crippen LogP contribution in [0.15, 0.2) is 18.2 Å². The van der Waals surface area contributed by atoms with Crippen LogP contribution in [0.3, 0.4) is 0 Å². The van der Waals surface area contributed by atoms with Crippen molar-refractivity contribution in [1.29, 1.82) is 5.26 Å². The standard InChI is InChI=1S/C22H23ClN2OS/c1-12-3-4-13(2)16(9-12)20-19(23)18(11-24)22(27-20)25-21(26)17-10-14-5-7-15(17)8-6-14/h3-4,9,14-15,17H,5-8,10H2,1-2H3,(H,25,26)/t14?,15?,17-/m1/s1. The number of nitrogens with zero attached hydrogens (tertiary/aromatic N) is 1. The van der Waals surface area contributed by atoms with Gasteiger partial charge in [0.25, 0.3) is 0 Å². The zero-order valence-electron chi connectivity index (χ0n) is 15.6. The van der Waals surface area contributed by atoms with Crippen LogP contribution in [-0.2, 0) is 4.79 Å². The van der Waals surface area contributed by atoms with E-state index in [1.54, 1.807) is 0 Å². The predicted octanol–water partition coefficient (Wildman–Crippen LogP) is 6.32. The van der Waals surface area contributed by atoms with E-state index in [1.165, 1.54) is 24.2 Å². The Kier molecular flexibility index (Phi) is 5.01. The molecule has 2 aromatic rings. The summed E-state index contributed by atoms with van der Waals surface area (Å²) in [7, 11) is 0. The summed E-state index contributed by atoms with van der Waals surface area (Å²) < 4.78 is 0.